The summed E-state index contributed by atoms with van der Waals surface area (Å²) in [5, 5.41) is 19.2. The van der Waals surface area contributed by atoms with Crippen molar-refractivity contribution in [3.63, 3.8) is 0 Å². The number of aromatic hydroxyl groups is 1. The maximum Gasteiger partial charge on any atom is 0.491 e. The minimum atomic E-state index is -0.857. The molecule has 0 saturated heterocycles. The number of benzene rings is 2. The summed E-state index contributed by atoms with van der Waals surface area (Å²) < 4.78 is 15.8. The highest BCUT2D eigenvalue weighted by Crippen LogP contribution is 2.32. The molecule has 0 spiro atoms. The molecule has 1 aliphatic rings. The molecular formula is C14H13BO5. The zero-order chi connectivity index (χ0) is 14.1. The summed E-state index contributed by atoms with van der Waals surface area (Å²) >= 11 is 0. The van der Waals surface area contributed by atoms with Crippen LogP contribution in [-0.4, -0.2) is 24.4 Å². The molecule has 0 saturated carbocycles. The topological polar surface area (TPSA) is 68.2 Å². The second-order valence-electron chi connectivity index (χ2n) is 4.46. The molecule has 2 N–H and O–H groups in total. The van der Waals surface area contributed by atoms with E-state index < -0.39 is 7.12 Å². The molecule has 1 heterocycles. The van der Waals surface area contributed by atoms with Crippen molar-refractivity contribution < 1.29 is 24.3 Å². The van der Waals surface area contributed by atoms with Gasteiger partial charge in [0.25, 0.3) is 0 Å². The number of phenolic OH excluding ortho intramolecular Hbond substituents is 1. The number of fused-ring (bicyclic) bond motifs is 1. The zero-order valence-corrected chi connectivity index (χ0v) is 10.9. The van der Waals surface area contributed by atoms with Gasteiger partial charge in [-0.25, -0.2) is 0 Å². The first kappa shape index (κ1) is 12.8. The molecule has 0 fully saturated rings. The van der Waals surface area contributed by atoms with E-state index in [4.69, 9.17) is 14.1 Å². The quantitative estimate of drug-likeness (QED) is 0.827. The standard InChI is InChI=1S/C14H13BO5/c1-18-14-5-3-11(7-13(14)16)20-10-2-4-12-9(6-10)8-19-15(12)17/h2-7,16-17H,8H2,1H3. The number of hydrogen-bond acceptors (Lipinski definition) is 5. The lowest BCUT2D eigenvalue weighted by Crippen LogP contribution is -2.27. The Balaban J connectivity index is 1.83. The van der Waals surface area contributed by atoms with Gasteiger partial charge in [0.2, 0.25) is 0 Å². The van der Waals surface area contributed by atoms with Gasteiger partial charge in [-0.05, 0) is 35.3 Å². The van der Waals surface area contributed by atoms with Crippen molar-refractivity contribution >= 4 is 12.6 Å². The van der Waals surface area contributed by atoms with Crippen molar-refractivity contribution in [3.05, 3.63) is 42.0 Å². The Kier molecular flexibility index (Phi) is 3.26. The third kappa shape index (κ3) is 2.31. The Morgan fingerprint density at radius 3 is 2.65 bits per heavy atom. The monoisotopic (exact) mass is 272 g/mol. The van der Waals surface area contributed by atoms with Crippen molar-refractivity contribution in [2.45, 2.75) is 6.61 Å². The van der Waals surface area contributed by atoms with Gasteiger partial charge in [-0.15, -0.1) is 0 Å². The lowest BCUT2D eigenvalue weighted by Gasteiger charge is -2.09. The van der Waals surface area contributed by atoms with Crippen LogP contribution in [0.2, 0.25) is 0 Å². The molecular weight excluding hydrogens is 259 g/mol. The normalized spacial score (nSPS) is 13.2. The van der Waals surface area contributed by atoms with Gasteiger partial charge < -0.3 is 24.3 Å². The molecule has 0 amide bonds. The highest BCUT2D eigenvalue weighted by atomic mass is 16.5. The largest absolute Gasteiger partial charge is 0.504 e. The number of phenols is 1. The summed E-state index contributed by atoms with van der Waals surface area (Å²) in [6.45, 7) is 0.363. The smallest absolute Gasteiger partial charge is 0.491 e. The van der Waals surface area contributed by atoms with Gasteiger partial charge in [0.15, 0.2) is 11.5 Å². The van der Waals surface area contributed by atoms with Crippen molar-refractivity contribution in [1.29, 1.82) is 0 Å². The zero-order valence-electron chi connectivity index (χ0n) is 10.9. The van der Waals surface area contributed by atoms with Crippen LogP contribution in [0.5, 0.6) is 23.0 Å². The van der Waals surface area contributed by atoms with Crippen LogP contribution in [0.4, 0.5) is 0 Å². The van der Waals surface area contributed by atoms with Crippen LogP contribution in [0, 0.1) is 0 Å². The molecule has 20 heavy (non-hydrogen) atoms. The average Bonchev–Trinajstić information content (AvgIpc) is 2.80. The molecule has 0 aliphatic carbocycles. The van der Waals surface area contributed by atoms with E-state index in [1.807, 2.05) is 6.07 Å². The van der Waals surface area contributed by atoms with E-state index in [0.717, 1.165) is 11.0 Å². The van der Waals surface area contributed by atoms with E-state index in [1.54, 1.807) is 24.3 Å². The van der Waals surface area contributed by atoms with Gasteiger partial charge >= 0.3 is 7.12 Å². The summed E-state index contributed by atoms with van der Waals surface area (Å²) in [5.41, 5.74) is 1.66. The Bertz CT molecular complexity index is 643. The third-order valence-electron chi connectivity index (χ3n) is 3.16. The van der Waals surface area contributed by atoms with E-state index in [2.05, 4.69) is 0 Å². The van der Waals surface area contributed by atoms with Gasteiger partial charge in [-0.1, -0.05) is 6.07 Å². The summed E-state index contributed by atoms with van der Waals surface area (Å²) in [6.07, 6.45) is 0. The second-order valence-corrected chi connectivity index (χ2v) is 4.46. The highest BCUT2D eigenvalue weighted by Gasteiger charge is 2.27. The summed E-state index contributed by atoms with van der Waals surface area (Å²) in [7, 11) is 0.630. The first-order valence-corrected chi connectivity index (χ1v) is 6.15. The molecule has 0 radical (unpaired) electrons. The van der Waals surface area contributed by atoms with Crippen molar-refractivity contribution in [2.75, 3.05) is 7.11 Å². The molecule has 5 nitrogen and oxygen atoms in total. The van der Waals surface area contributed by atoms with Gasteiger partial charge in [0, 0.05) is 6.07 Å². The molecule has 102 valence electrons. The van der Waals surface area contributed by atoms with Crippen LogP contribution in [-0.2, 0) is 11.3 Å². The molecule has 3 rings (SSSR count). The SMILES string of the molecule is COc1ccc(Oc2ccc3c(c2)COB3O)cc1O. The lowest BCUT2D eigenvalue weighted by atomic mass is 9.80. The molecule has 2 aromatic rings. The first-order chi connectivity index (χ1) is 9.67. The van der Waals surface area contributed by atoms with Crippen LogP contribution in [0.1, 0.15) is 5.56 Å². The third-order valence-corrected chi connectivity index (χ3v) is 3.16. The number of hydrogen-bond donors (Lipinski definition) is 2. The van der Waals surface area contributed by atoms with Gasteiger partial charge in [0.05, 0.1) is 13.7 Å². The predicted octanol–water partition coefficient (Wildman–Crippen LogP) is 1.41. The van der Waals surface area contributed by atoms with Crippen molar-refractivity contribution in [2.24, 2.45) is 0 Å². The second kappa shape index (κ2) is 5.07. The van der Waals surface area contributed by atoms with Gasteiger partial charge in [-0.3, -0.25) is 0 Å². The van der Waals surface area contributed by atoms with E-state index in [9.17, 15) is 10.1 Å². The molecule has 0 bridgehead atoms. The summed E-state index contributed by atoms with van der Waals surface area (Å²) in [4.78, 5) is 0. The Morgan fingerprint density at radius 1 is 1.15 bits per heavy atom. The fourth-order valence-corrected chi connectivity index (χ4v) is 2.14. The fraction of sp³-hybridized carbons (Fsp3) is 0.143. The maximum atomic E-state index is 9.70. The maximum absolute atomic E-state index is 9.70. The van der Waals surface area contributed by atoms with E-state index in [0.29, 0.717) is 23.9 Å². The minimum absolute atomic E-state index is 0.0184. The van der Waals surface area contributed by atoms with E-state index in [-0.39, 0.29) is 5.75 Å². The molecule has 0 aromatic heterocycles. The van der Waals surface area contributed by atoms with Crippen LogP contribution >= 0.6 is 0 Å². The number of ether oxygens (including phenoxy) is 2. The van der Waals surface area contributed by atoms with Crippen molar-refractivity contribution in [3.8, 4) is 23.0 Å². The Hall–Kier alpha value is -2.18. The lowest BCUT2D eigenvalue weighted by molar-refractivity contribution is 0.275. The Labute approximate surface area is 116 Å². The average molecular weight is 272 g/mol. The summed E-state index contributed by atoms with van der Waals surface area (Å²) in [6, 6.07) is 10.1. The molecule has 6 heteroatoms. The number of rotatable bonds is 3. The van der Waals surface area contributed by atoms with Crippen LogP contribution < -0.4 is 14.9 Å². The van der Waals surface area contributed by atoms with E-state index in [1.165, 1.54) is 13.2 Å². The Morgan fingerprint density at radius 2 is 1.90 bits per heavy atom. The summed E-state index contributed by atoms with van der Waals surface area (Å²) in [5.74, 6) is 1.53. The van der Waals surface area contributed by atoms with Crippen LogP contribution in [0.25, 0.3) is 0 Å². The minimum Gasteiger partial charge on any atom is -0.504 e. The van der Waals surface area contributed by atoms with E-state index >= 15 is 0 Å². The molecule has 1 aliphatic heterocycles. The fourth-order valence-electron chi connectivity index (χ4n) is 2.14. The van der Waals surface area contributed by atoms with Crippen LogP contribution in [0.3, 0.4) is 0 Å². The first-order valence-electron chi connectivity index (χ1n) is 6.15. The molecule has 2 aromatic carbocycles. The molecule has 0 unspecified atom stereocenters. The molecule has 0 atom stereocenters. The van der Waals surface area contributed by atoms with Gasteiger partial charge in [-0.2, -0.15) is 0 Å². The number of methoxy groups -OCH3 is 1. The highest BCUT2D eigenvalue weighted by molar-refractivity contribution is 6.61. The van der Waals surface area contributed by atoms with Crippen LogP contribution in [0.15, 0.2) is 36.4 Å². The van der Waals surface area contributed by atoms with Crippen molar-refractivity contribution in [1.82, 2.24) is 0 Å². The predicted molar refractivity (Wildman–Crippen MR) is 73.6 cm³/mol. The van der Waals surface area contributed by atoms with Gasteiger partial charge in [0.1, 0.15) is 11.5 Å².